The van der Waals surface area contributed by atoms with Gasteiger partial charge in [-0.15, -0.1) is 0 Å². The van der Waals surface area contributed by atoms with Crippen LogP contribution >= 0.6 is 0 Å². The average molecular weight is 373 g/mol. The molecule has 1 aliphatic heterocycles. The monoisotopic (exact) mass is 373 g/mol. The minimum atomic E-state index is -0.138. The SMILES string of the molecule is O=C(Cn1ncc(=O)c2ccccc21)N1CCCC1c1nc2ccccc2[nH]1. The standard InChI is InChI=1S/C21H19N5O2/c27-19-12-22-26(17-9-4-1-6-14(17)19)13-20(28)25-11-5-10-18(25)21-23-15-7-2-3-8-16(15)24-21/h1-4,6-9,12,18H,5,10-11,13H2,(H,23,24). The van der Waals surface area contributed by atoms with E-state index in [1.807, 2.05) is 47.4 Å². The summed E-state index contributed by atoms with van der Waals surface area (Å²) < 4.78 is 1.60. The average Bonchev–Trinajstić information content (AvgIpc) is 3.37. The molecule has 7 nitrogen and oxygen atoms in total. The number of carbonyl (C=O) groups is 1. The first-order valence-electron chi connectivity index (χ1n) is 9.40. The third kappa shape index (κ3) is 2.76. The Bertz CT molecular complexity index is 1210. The van der Waals surface area contributed by atoms with E-state index in [9.17, 15) is 9.59 Å². The first-order valence-corrected chi connectivity index (χ1v) is 9.40. The van der Waals surface area contributed by atoms with Gasteiger partial charge in [0.05, 0.1) is 28.8 Å². The number of rotatable bonds is 3. The van der Waals surface area contributed by atoms with E-state index in [4.69, 9.17) is 0 Å². The van der Waals surface area contributed by atoms with Crippen molar-refractivity contribution in [2.75, 3.05) is 6.54 Å². The second kappa shape index (κ2) is 6.60. The fourth-order valence-corrected chi connectivity index (χ4v) is 3.99. The number of fused-ring (bicyclic) bond motifs is 2. The van der Waals surface area contributed by atoms with Crippen LogP contribution in [-0.2, 0) is 11.3 Å². The van der Waals surface area contributed by atoms with Crippen LogP contribution < -0.4 is 5.43 Å². The molecule has 1 aliphatic rings. The highest BCUT2D eigenvalue weighted by atomic mass is 16.2. The van der Waals surface area contributed by atoms with E-state index in [1.54, 1.807) is 10.7 Å². The summed E-state index contributed by atoms with van der Waals surface area (Å²) in [6.07, 6.45) is 3.09. The number of amides is 1. The summed E-state index contributed by atoms with van der Waals surface area (Å²) in [4.78, 5) is 35.0. The molecule has 1 fully saturated rings. The Morgan fingerprint density at radius 3 is 2.86 bits per heavy atom. The van der Waals surface area contributed by atoms with Gasteiger partial charge >= 0.3 is 0 Å². The van der Waals surface area contributed by atoms with Gasteiger partial charge in [0.15, 0.2) is 0 Å². The molecule has 1 N–H and O–H groups in total. The van der Waals surface area contributed by atoms with Crippen molar-refractivity contribution >= 4 is 27.8 Å². The fourth-order valence-electron chi connectivity index (χ4n) is 3.99. The van der Waals surface area contributed by atoms with Crippen molar-refractivity contribution in [1.29, 1.82) is 0 Å². The third-order valence-electron chi connectivity index (χ3n) is 5.34. The molecule has 5 rings (SSSR count). The van der Waals surface area contributed by atoms with E-state index < -0.39 is 0 Å². The van der Waals surface area contributed by atoms with Crippen LogP contribution in [-0.4, -0.2) is 37.1 Å². The zero-order valence-corrected chi connectivity index (χ0v) is 15.2. The van der Waals surface area contributed by atoms with Crippen LogP contribution in [0.3, 0.4) is 0 Å². The van der Waals surface area contributed by atoms with Crippen LogP contribution in [0, 0.1) is 0 Å². The largest absolute Gasteiger partial charge is 0.340 e. The molecule has 2 aromatic carbocycles. The molecule has 28 heavy (non-hydrogen) atoms. The van der Waals surface area contributed by atoms with Crippen molar-refractivity contribution in [2.45, 2.75) is 25.4 Å². The van der Waals surface area contributed by atoms with Crippen molar-refractivity contribution in [3.05, 3.63) is 70.8 Å². The van der Waals surface area contributed by atoms with Crippen molar-refractivity contribution in [1.82, 2.24) is 24.6 Å². The molecular weight excluding hydrogens is 354 g/mol. The number of aromatic amines is 1. The summed E-state index contributed by atoms with van der Waals surface area (Å²) in [5, 5.41) is 4.75. The van der Waals surface area contributed by atoms with Crippen LogP contribution in [0.1, 0.15) is 24.7 Å². The number of H-pyrrole nitrogens is 1. The number of nitrogens with one attached hydrogen (secondary N) is 1. The van der Waals surface area contributed by atoms with Gasteiger partial charge in [0.25, 0.3) is 0 Å². The lowest BCUT2D eigenvalue weighted by molar-refractivity contribution is -0.133. The van der Waals surface area contributed by atoms with Gasteiger partial charge in [-0.25, -0.2) is 4.98 Å². The number of carbonyl (C=O) groups excluding carboxylic acids is 1. The van der Waals surface area contributed by atoms with Gasteiger partial charge in [0.2, 0.25) is 11.3 Å². The molecule has 0 aliphatic carbocycles. The number of likely N-dealkylation sites (tertiary alicyclic amines) is 1. The van der Waals surface area contributed by atoms with Crippen LogP contribution in [0.15, 0.2) is 59.5 Å². The second-order valence-electron chi connectivity index (χ2n) is 7.07. The molecule has 4 aromatic rings. The summed E-state index contributed by atoms with van der Waals surface area (Å²) in [5.74, 6) is 0.800. The highest BCUT2D eigenvalue weighted by Crippen LogP contribution is 2.31. The maximum atomic E-state index is 13.1. The van der Waals surface area contributed by atoms with Gasteiger partial charge in [0.1, 0.15) is 12.4 Å². The Morgan fingerprint density at radius 2 is 1.96 bits per heavy atom. The van der Waals surface area contributed by atoms with Crippen LogP contribution in [0.2, 0.25) is 0 Å². The maximum Gasteiger partial charge on any atom is 0.244 e. The topological polar surface area (TPSA) is 83.9 Å². The molecule has 0 spiro atoms. The fraction of sp³-hybridized carbons (Fsp3) is 0.238. The van der Waals surface area contributed by atoms with Gasteiger partial charge in [-0.3, -0.25) is 14.3 Å². The van der Waals surface area contributed by atoms with Crippen molar-refractivity contribution in [2.24, 2.45) is 0 Å². The van der Waals surface area contributed by atoms with E-state index in [1.165, 1.54) is 6.20 Å². The van der Waals surface area contributed by atoms with Crippen molar-refractivity contribution in [3.63, 3.8) is 0 Å². The number of aromatic nitrogens is 4. The Hall–Kier alpha value is -3.48. The number of nitrogens with zero attached hydrogens (tertiary/aromatic N) is 4. The maximum absolute atomic E-state index is 13.1. The zero-order valence-electron chi connectivity index (χ0n) is 15.2. The van der Waals surface area contributed by atoms with Crippen LogP contribution in [0.25, 0.3) is 21.9 Å². The molecule has 7 heteroatoms. The van der Waals surface area contributed by atoms with Gasteiger partial charge in [-0.05, 0) is 37.1 Å². The lowest BCUT2D eigenvalue weighted by Crippen LogP contribution is -2.34. The predicted octanol–water partition coefficient (Wildman–Crippen LogP) is 2.64. The lowest BCUT2D eigenvalue weighted by atomic mass is 10.2. The highest BCUT2D eigenvalue weighted by molar-refractivity contribution is 5.82. The zero-order chi connectivity index (χ0) is 19.1. The highest BCUT2D eigenvalue weighted by Gasteiger charge is 2.32. The number of hydrogen-bond acceptors (Lipinski definition) is 4. The van der Waals surface area contributed by atoms with Gasteiger partial charge in [-0.1, -0.05) is 24.3 Å². The Kier molecular flexibility index (Phi) is 3.93. The van der Waals surface area contributed by atoms with Crippen molar-refractivity contribution < 1.29 is 4.79 Å². The predicted molar refractivity (Wildman–Crippen MR) is 106 cm³/mol. The Morgan fingerprint density at radius 1 is 1.14 bits per heavy atom. The first-order chi connectivity index (χ1) is 13.7. The minimum Gasteiger partial charge on any atom is -0.340 e. The summed E-state index contributed by atoms with van der Waals surface area (Å²) >= 11 is 0. The second-order valence-corrected chi connectivity index (χ2v) is 7.07. The van der Waals surface area contributed by atoms with Crippen LogP contribution in [0.4, 0.5) is 0 Å². The molecule has 0 bridgehead atoms. The number of imidazole rings is 1. The molecule has 1 unspecified atom stereocenters. The summed E-state index contributed by atoms with van der Waals surface area (Å²) in [7, 11) is 0. The molecule has 1 saturated heterocycles. The van der Waals surface area contributed by atoms with E-state index in [-0.39, 0.29) is 23.9 Å². The molecule has 1 atom stereocenters. The molecular formula is C21H19N5O2. The molecule has 2 aromatic heterocycles. The molecule has 140 valence electrons. The number of hydrogen-bond donors (Lipinski definition) is 1. The van der Waals surface area contributed by atoms with E-state index in [0.29, 0.717) is 17.4 Å². The molecule has 0 radical (unpaired) electrons. The van der Waals surface area contributed by atoms with Gasteiger partial charge in [-0.2, -0.15) is 5.10 Å². The lowest BCUT2D eigenvalue weighted by Gasteiger charge is -2.23. The van der Waals surface area contributed by atoms with E-state index >= 15 is 0 Å². The number of para-hydroxylation sites is 3. The molecule has 1 amide bonds. The van der Waals surface area contributed by atoms with E-state index in [2.05, 4.69) is 15.1 Å². The Balaban J connectivity index is 1.45. The van der Waals surface area contributed by atoms with Crippen molar-refractivity contribution in [3.8, 4) is 0 Å². The van der Waals surface area contributed by atoms with Crippen LogP contribution in [0.5, 0.6) is 0 Å². The smallest absolute Gasteiger partial charge is 0.244 e. The van der Waals surface area contributed by atoms with E-state index in [0.717, 1.165) is 29.7 Å². The van der Waals surface area contributed by atoms with Gasteiger partial charge < -0.3 is 9.88 Å². The minimum absolute atomic E-state index is 0.0238. The summed E-state index contributed by atoms with van der Waals surface area (Å²) in [5.41, 5.74) is 2.41. The molecule has 3 heterocycles. The summed E-state index contributed by atoms with van der Waals surface area (Å²) in [6, 6.07) is 15.0. The molecule has 0 saturated carbocycles. The quantitative estimate of drug-likeness (QED) is 0.598. The first kappa shape index (κ1) is 16.7. The summed E-state index contributed by atoms with van der Waals surface area (Å²) in [6.45, 7) is 0.788. The normalized spacial score (nSPS) is 16.9. The third-order valence-corrected chi connectivity index (χ3v) is 5.34. The van der Waals surface area contributed by atoms with Gasteiger partial charge in [0, 0.05) is 11.9 Å². The number of benzene rings is 2. The Labute approximate surface area is 160 Å².